The Morgan fingerprint density at radius 3 is 2.22 bits per heavy atom. The van der Waals surface area contributed by atoms with E-state index in [0.717, 1.165) is 5.82 Å². The summed E-state index contributed by atoms with van der Waals surface area (Å²) in [5, 5.41) is 3.24. The standard InChI is InChI=1S/C14H25N3O/c1-9(2)15-11-8-17(10(3)4)13(16-11)12(18)14(5,6)7/h8-10,15H,1-7H3. The Hall–Kier alpha value is -1.32. The molecule has 0 bridgehead atoms. The van der Waals surface area contributed by atoms with Crippen molar-refractivity contribution >= 4 is 11.6 Å². The second-order valence-corrected chi connectivity index (χ2v) is 6.33. The van der Waals surface area contributed by atoms with Gasteiger partial charge in [-0.2, -0.15) is 0 Å². The first-order chi connectivity index (χ1) is 8.12. The first-order valence-corrected chi connectivity index (χ1v) is 6.53. The van der Waals surface area contributed by atoms with Gasteiger partial charge in [0, 0.05) is 23.7 Å². The molecule has 0 aromatic carbocycles. The Morgan fingerprint density at radius 2 is 1.83 bits per heavy atom. The predicted molar refractivity (Wildman–Crippen MR) is 75.2 cm³/mol. The summed E-state index contributed by atoms with van der Waals surface area (Å²) in [6, 6.07) is 0.527. The van der Waals surface area contributed by atoms with E-state index in [9.17, 15) is 4.79 Å². The summed E-state index contributed by atoms with van der Waals surface area (Å²) in [6.07, 6.45) is 1.92. The molecule has 0 atom stereocenters. The van der Waals surface area contributed by atoms with E-state index in [2.05, 4.69) is 38.0 Å². The highest BCUT2D eigenvalue weighted by atomic mass is 16.1. The summed E-state index contributed by atoms with van der Waals surface area (Å²) < 4.78 is 1.94. The van der Waals surface area contributed by atoms with Crippen molar-refractivity contribution in [1.29, 1.82) is 0 Å². The normalized spacial score (nSPS) is 12.3. The SMILES string of the molecule is CC(C)Nc1cn(C(C)C)c(C(=O)C(C)(C)C)n1. The number of aromatic nitrogens is 2. The van der Waals surface area contributed by atoms with Gasteiger partial charge in [0.05, 0.1) is 0 Å². The number of nitrogens with one attached hydrogen (secondary N) is 1. The number of rotatable bonds is 4. The van der Waals surface area contributed by atoms with Crippen molar-refractivity contribution in [1.82, 2.24) is 9.55 Å². The lowest BCUT2D eigenvalue weighted by molar-refractivity contribution is 0.0840. The fourth-order valence-electron chi connectivity index (χ4n) is 1.66. The van der Waals surface area contributed by atoms with Crippen LogP contribution in [0.2, 0.25) is 0 Å². The highest BCUT2D eigenvalue weighted by Crippen LogP contribution is 2.24. The first kappa shape index (κ1) is 14.7. The van der Waals surface area contributed by atoms with Crippen LogP contribution < -0.4 is 5.32 Å². The number of ketones is 1. The highest BCUT2D eigenvalue weighted by Gasteiger charge is 2.28. The summed E-state index contributed by atoms with van der Waals surface area (Å²) in [4.78, 5) is 16.8. The average Bonchev–Trinajstić information content (AvgIpc) is 2.57. The van der Waals surface area contributed by atoms with Crippen molar-refractivity contribution in [2.24, 2.45) is 5.41 Å². The Morgan fingerprint density at radius 1 is 1.28 bits per heavy atom. The lowest BCUT2D eigenvalue weighted by atomic mass is 9.90. The Balaban J connectivity index is 3.17. The average molecular weight is 251 g/mol. The minimum absolute atomic E-state index is 0.0769. The number of Topliss-reactive ketones (excluding diaryl/α,β-unsaturated/α-hetero) is 1. The molecule has 1 aromatic rings. The maximum atomic E-state index is 12.4. The van der Waals surface area contributed by atoms with Crippen molar-refractivity contribution < 1.29 is 4.79 Å². The maximum absolute atomic E-state index is 12.4. The number of anilines is 1. The van der Waals surface area contributed by atoms with Crippen molar-refractivity contribution in [3.05, 3.63) is 12.0 Å². The van der Waals surface area contributed by atoms with Crippen molar-refractivity contribution in [2.45, 2.75) is 60.5 Å². The molecule has 1 heterocycles. The van der Waals surface area contributed by atoms with Crippen LogP contribution in [0.15, 0.2) is 6.20 Å². The number of nitrogens with zero attached hydrogens (tertiary/aromatic N) is 2. The molecule has 4 nitrogen and oxygen atoms in total. The summed E-state index contributed by atoms with van der Waals surface area (Å²) >= 11 is 0. The van der Waals surface area contributed by atoms with Crippen LogP contribution >= 0.6 is 0 Å². The van der Waals surface area contributed by atoms with Gasteiger partial charge < -0.3 is 9.88 Å². The molecule has 0 aliphatic carbocycles. The Labute approximate surface area is 110 Å². The molecular formula is C14H25N3O. The van der Waals surface area contributed by atoms with Gasteiger partial charge in [0.2, 0.25) is 5.78 Å². The van der Waals surface area contributed by atoms with E-state index in [1.165, 1.54) is 0 Å². The third-order valence-corrected chi connectivity index (χ3v) is 2.61. The monoisotopic (exact) mass is 251 g/mol. The van der Waals surface area contributed by atoms with Gasteiger partial charge >= 0.3 is 0 Å². The molecule has 0 amide bonds. The number of carbonyl (C=O) groups is 1. The van der Waals surface area contributed by atoms with Crippen molar-refractivity contribution in [3.8, 4) is 0 Å². The van der Waals surface area contributed by atoms with E-state index in [4.69, 9.17) is 0 Å². The third-order valence-electron chi connectivity index (χ3n) is 2.61. The van der Waals surface area contributed by atoms with Gasteiger partial charge in [-0.25, -0.2) is 4.98 Å². The molecule has 0 spiro atoms. The summed E-state index contributed by atoms with van der Waals surface area (Å²) in [7, 11) is 0. The zero-order chi connectivity index (χ0) is 14.1. The van der Waals surface area contributed by atoms with E-state index >= 15 is 0 Å². The van der Waals surface area contributed by atoms with E-state index < -0.39 is 5.41 Å². The third kappa shape index (κ3) is 3.34. The summed E-state index contributed by atoms with van der Waals surface area (Å²) in [6.45, 7) is 14.0. The molecule has 4 heteroatoms. The Kier molecular flexibility index (Phi) is 4.20. The zero-order valence-corrected chi connectivity index (χ0v) is 12.5. The molecule has 0 unspecified atom stereocenters. The minimum atomic E-state index is -0.410. The van der Waals surface area contributed by atoms with Gasteiger partial charge in [0.15, 0.2) is 5.82 Å². The van der Waals surface area contributed by atoms with Gasteiger partial charge in [-0.15, -0.1) is 0 Å². The number of hydrogen-bond donors (Lipinski definition) is 1. The van der Waals surface area contributed by atoms with Crippen LogP contribution in [0, 0.1) is 5.41 Å². The van der Waals surface area contributed by atoms with Crippen LogP contribution in [0.3, 0.4) is 0 Å². The molecule has 102 valence electrons. The second-order valence-electron chi connectivity index (χ2n) is 6.33. The maximum Gasteiger partial charge on any atom is 0.203 e. The summed E-state index contributed by atoms with van der Waals surface area (Å²) in [5.74, 6) is 1.39. The molecule has 0 saturated carbocycles. The lowest BCUT2D eigenvalue weighted by Crippen LogP contribution is -2.24. The van der Waals surface area contributed by atoms with Crippen LogP contribution in [-0.2, 0) is 0 Å². The van der Waals surface area contributed by atoms with Crippen LogP contribution in [0.25, 0.3) is 0 Å². The second kappa shape index (κ2) is 5.12. The van der Waals surface area contributed by atoms with Gasteiger partial charge in [-0.05, 0) is 27.7 Å². The predicted octanol–water partition coefficient (Wildman–Crippen LogP) is 3.51. The van der Waals surface area contributed by atoms with Gasteiger partial charge in [-0.3, -0.25) is 4.79 Å². The van der Waals surface area contributed by atoms with E-state index in [0.29, 0.717) is 11.9 Å². The zero-order valence-electron chi connectivity index (χ0n) is 12.5. The van der Waals surface area contributed by atoms with Crippen LogP contribution in [0.5, 0.6) is 0 Å². The topological polar surface area (TPSA) is 46.9 Å². The van der Waals surface area contributed by atoms with Crippen molar-refractivity contribution in [3.63, 3.8) is 0 Å². The molecule has 18 heavy (non-hydrogen) atoms. The smallest absolute Gasteiger partial charge is 0.203 e. The molecule has 0 saturated heterocycles. The van der Waals surface area contributed by atoms with E-state index in [1.807, 2.05) is 31.5 Å². The fraction of sp³-hybridized carbons (Fsp3) is 0.714. The van der Waals surface area contributed by atoms with Crippen LogP contribution in [0.4, 0.5) is 5.82 Å². The number of imidazole rings is 1. The molecular weight excluding hydrogens is 226 g/mol. The van der Waals surface area contributed by atoms with E-state index in [1.54, 1.807) is 0 Å². The van der Waals surface area contributed by atoms with Crippen molar-refractivity contribution in [2.75, 3.05) is 5.32 Å². The van der Waals surface area contributed by atoms with Gasteiger partial charge in [-0.1, -0.05) is 20.8 Å². The molecule has 1 aromatic heterocycles. The molecule has 1 rings (SSSR count). The van der Waals surface area contributed by atoms with E-state index in [-0.39, 0.29) is 11.8 Å². The summed E-state index contributed by atoms with van der Waals surface area (Å²) in [5.41, 5.74) is -0.410. The van der Waals surface area contributed by atoms with Gasteiger partial charge in [0.1, 0.15) is 5.82 Å². The molecule has 0 radical (unpaired) electrons. The first-order valence-electron chi connectivity index (χ1n) is 6.53. The highest BCUT2D eigenvalue weighted by molar-refractivity contribution is 5.97. The lowest BCUT2D eigenvalue weighted by Gasteiger charge is -2.18. The molecule has 0 fully saturated rings. The number of carbonyl (C=O) groups excluding carboxylic acids is 1. The molecule has 1 N–H and O–H groups in total. The quantitative estimate of drug-likeness (QED) is 0.833. The minimum Gasteiger partial charge on any atom is -0.367 e. The largest absolute Gasteiger partial charge is 0.367 e. The Bertz CT molecular complexity index is 425. The van der Waals surface area contributed by atoms with Crippen LogP contribution in [-0.4, -0.2) is 21.4 Å². The molecule has 0 aliphatic rings. The number of hydrogen-bond acceptors (Lipinski definition) is 3. The van der Waals surface area contributed by atoms with Gasteiger partial charge in [0.25, 0.3) is 0 Å². The molecule has 0 aliphatic heterocycles. The fourth-order valence-corrected chi connectivity index (χ4v) is 1.66. The van der Waals surface area contributed by atoms with Crippen LogP contribution in [0.1, 0.15) is 65.1 Å².